The molecule has 2 aromatic rings. The van der Waals surface area contributed by atoms with E-state index in [0.717, 1.165) is 10.8 Å². The third kappa shape index (κ3) is 2.99. The lowest BCUT2D eigenvalue weighted by Gasteiger charge is -2.02. The summed E-state index contributed by atoms with van der Waals surface area (Å²) in [4.78, 5) is 13.0. The maximum absolute atomic E-state index is 5.45. The summed E-state index contributed by atoms with van der Waals surface area (Å²) in [6.45, 7) is 4.21. The number of anilines is 2. The molecule has 0 fully saturated rings. The Bertz CT molecular complexity index is 547. The lowest BCUT2D eigenvalue weighted by molar-refractivity contribution is 0.834. The summed E-state index contributed by atoms with van der Waals surface area (Å²) in [6.07, 6.45) is 3.13. The molecule has 2 aromatic heterocycles. The van der Waals surface area contributed by atoms with E-state index in [1.165, 1.54) is 0 Å². The second-order valence-corrected chi connectivity index (χ2v) is 5.31. The highest BCUT2D eigenvalue weighted by Crippen LogP contribution is 2.23. The molecule has 7 heteroatoms. The first kappa shape index (κ1) is 12.8. The monoisotopic (exact) mass is 279 g/mol. The molecule has 0 aliphatic rings. The molecule has 0 radical (unpaired) electrons. The average molecular weight is 279 g/mol. The molecule has 2 rings (SSSR count). The van der Waals surface area contributed by atoms with Crippen molar-refractivity contribution in [2.75, 3.05) is 5.32 Å². The Morgan fingerprint density at radius 1 is 1.39 bits per heavy atom. The fourth-order valence-electron chi connectivity index (χ4n) is 1.24. The first-order valence-electron chi connectivity index (χ1n) is 5.40. The van der Waals surface area contributed by atoms with Gasteiger partial charge in [-0.3, -0.25) is 0 Å². The Hall–Kier alpha value is -1.60. The second-order valence-electron chi connectivity index (χ2n) is 4.01. The molecule has 2 heterocycles. The summed E-state index contributed by atoms with van der Waals surface area (Å²) in [6, 6.07) is 0. The molecule has 0 aliphatic carbocycles. The fraction of sp³-hybridized carbons (Fsp3) is 0.273. The number of hydrogen-bond donors (Lipinski definition) is 2. The van der Waals surface area contributed by atoms with Gasteiger partial charge in [-0.2, -0.15) is 0 Å². The third-order valence-electron chi connectivity index (χ3n) is 2.25. The van der Waals surface area contributed by atoms with E-state index in [2.05, 4.69) is 34.1 Å². The molecular weight excluding hydrogens is 266 g/mol. The molecular formula is C11H13N5S2. The van der Waals surface area contributed by atoms with Gasteiger partial charge in [0.1, 0.15) is 10.7 Å². The zero-order chi connectivity index (χ0) is 13.1. The Kier molecular flexibility index (Phi) is 3.83. The standard InChI is InChI=1S/C11H13N5S2/c1-6(2)8-5-18-11(15-8)16-9-4-13-7(3-14-9)10(12)17/h3-6H,1-2H3,(H2,12,17)(H,14,15,16). The maximum atomic E-state index is 5.45. The van der Waals surface area contributed by atoms with E-state index in [-0.39, 0.29) is 4.99 Å². The van der Waals surface area contributed by atoms with Gasteiger partial charge in [0.05, 0.1) is 18.1 Å². The zero-order valence-corrected chi connectivity index (χ0v) is 11.7. The number of nitrogens with two attached hydrogens (primary N) is 1. The molecule has 0 spiro atoms. The van der Waals surface area contributed by atoms with Crippen LogP contribution in [0.15, 0.2) is 17.8 Å². The van der Waals surface area contributed by atoms with Gasteiger partial charge in [0.2, 0.25) is 0 Å². The van der Waals surface area contributed by atoms with Crippen LogP contribution in [-0.4, -0.2) is 19.9 Å². The maximum Gasteiger partial charge on any atom is 0.188 e. The molecule has 5 nitrogen and oxygen atoms in total. The van der Waals surface area contributed by atoms with E-state index in [1.54, 1.807) is 23.7 Å². The predicted molar refractivity (Wildman–Crippen MR) is 77.4 cm³/mol. The van der Waals surface area contributed by atoms with Gasteiger partial charge in [-0.15, -0.1) is 11.3 Å². The van der Waals surface area contributed by atoms with Crippen molar-refractivity contribution in [3.05, 3.63) is 29.2 Å². The third-order valence-corrected chi connectivity index (χ3v) is 3.24. The lowest BCUT2D eigenvalue weighted by Crippen LogP contribution is -2.12. The van der Waals surface area contributed by atoms with Gasteiger partial charge >= 0.3 is 0 Å². The van der Waals surface area contributed by atoms with E-state index < -0.39 is 0 Å². The van der Waals surface area contributed by atoms with Crippen LogP contribution < -0.4 is 11.1 Å². The van der Waals surface area contributed by atoms with Crippen molar-refractivity contribution in [2.45, 2.75) is 19.8 Å². The minimum absolute atomic E-state index is 0.241. The van der Waals surface area contributed by atoms with Crippen LogP contribution in [0.25, 0.3) is 0 Å². The molecule has 0 saturated heterocycles. The molecule has 0 atom stereocenters. The molecule has 0 unspecified atom stereocenters. The number of hydrogen-bond acceptors (Lipinski definition) is 6. The van der Waals surface area contributed by atoms with Gasteiger partial charge < -0.3 is 11.1 Å². The quantitative estimate of drug-likeness (QED) is 0.837. The minimum Gasteiger partial charge on any atom is -0.388 e. The Balaban J connectivity index is 2.10. The van der Waals surface area contributed by atoms with Gasteiger partial charge in [0.15, 0.2) is 10.9 Å². The number of rotatable bonds is 4. The molecule has 0 saturated carbocycles. The van der Waals surface area contributed by atoms with E-state index in [4.69, 9.17) is 18.0 Å². The van der Waals surface area contributed by atoms with Crippen LogP contribution in [0.5, 0.6) is 0 Å². The Labute approximate surface area is 114 Å². The molecule has 0 aromatic carbocycles. The van der Waals surface area contributed by atoms with Crippen molar-refractivity contribution in [1.29, 1.82) is 0 Å². The lowest BCUT2D eigenvalue weighted by atomic mass is 10.2. The average Bonchev–Trinajstić information content (AvgIpc) is 2.78. The number of nitrogens with zero attached hydrogens (tertiary/aromatic N) is 3. The first-order chi connectivity index (χ1) is 8.56. The Morgan fingerprint density at radius 3 is 2.67 bits per heavy atom. The van der Waals surface area contributed by atoms with Crippen molar-refractivity contribution < 1.29 is 0 Å². The van der Waals surface area contributed by atoms with E-state index in [1.807, 2.05) is 5.38 Å². The van der Waals surface area contributed by atoms with Crippen LogP contribution in [0.4, 0.5) is 10.9 Å². The summed E-state index contributed by atoms with van der Waals surface area (Å²) in [5.74, 6) is 1.04. The zero-order valence-electron chi connectivity index (χ0n) is 10.0. The van der Waals surface area contributed by atoms with Crippen molar-refractivity contribution in [1.82, 2.24) is 15.0 Å². The van der Waals surface area contributed by atoms with Gasteiger partial charge in [-0.1, -0.05) is 26.1 Å². The van der Waals surface area contributed by atoms with E-state index in [9.17, 15) is 0 Å². The first-order valence-corrected chi connectivity index (χ1v) is 6.69. The van der Waals surface area contributed by atoms with Gasteiger partial charge in [-0.25, -0.2) is 15.0 Å². The molecule has 0 aliphatic heterocycles. The van der Waals surface area contributed by atoms with Crippen LogP contribution in [-0.2, 0) is 0 Å². The number of thiocarbonyl (C=S) groups is 1. The van der Waals surface area contributed by atoms with Crippen molar-refractivity contribution in [2.24, 2.45) is 5.73 Å². The highest BCUT2D eigenvalue weighted by molar-refractivity contribution is 7.80. The van der Waals surface area contributed by atoms with Crippen LogP contribution in [0.1, 0.15) is 31.2 Å². The molecule has 3 N–H and O–H groups in total. The largest absolute Gasteiger partial charge is 0.388 e. The van der Waals surface area contributed by atoms with Crippen molar-refractivity contribution in [3.63, 3.8) is 0 Å². The number of aromatic nitrogens is 3. The predicted octanol–water partition coefficient (Wildman–Crippen LogP) is 2.43. The van der Waals surface area contributed by atoms with E-state index in [0.29, 0.717) is 17.4 Å². The highest BCUT2D eigenvalue weighted by atomic mass is 32.1. The topological polar surface area (TPSA) is 76.7 Å². The summed E-state index contributed by atoms with van der Waals surface area (Å²) in [7, 11) is 0. The number of nitrogens with one attached hydrogen (secondary N) is 1. The summed E-state index contributed by atoms with van der Waals surface area (Å²) >= 11 is 6.35. The molecule has 18 heavy (non-hydrogen) atoms. The van der Waals surface area contributed by atoms with Crippen LogP contribution >= 0.6 is 23.6 Å². The normalized spacial score (nSPS) is 10.6. The highest BCUT2D eigenvalue weighted by Gasteiger charge is 2.06. The van der Waals surface area contributed by atoms with Crippen molar-refractivity contribution in [3.8, 4) is 0 Å². The van der Waals surface area contributed by atoms with Crippen LogP contribution in [0, 0.1) is 0 Å². The summed E-state index contributed by atoms with van der Waals surface area (Å²) in [5, 5.41) is 5.93. The summed E-state index contributed by atoms with van der Waals surface area (Å²) < 4.78 is 0. The summed E-state index contributed by atoms with van der Waals surface area (Å²) in [5.41, 5.74) is 7.03. The Morgan fingerprint density at radius 2 is 2.17 bits per heavy atom. The van der Waals surface area contributed by atoms with E-state index >= 15 is 0 Å². The SMILES string of the molecule is CC(C)c1csc(Nc2cnc(C(N)=S)cn2)n1. The van der Waals surface area contributed by atoms with Crippen molar-refractivity contribution >= 4 is 39.5 Å². The molecule has 94 valence electrons. The molecule has 0 bridgehead atoms. The fourth-order valence-corrected chi connectivity index (χ4v) is 2.22. The smallest absolute Gasteiger partial charge is 0.188 e. The van der Waals surface area contributed by atoms with Gasteiger partial charge in [0, 0.05) is 5.38 Å². The minimum atomic E-state index is 0.241. The van der Waals surface area contributed by atoms with Crippen LogP contribution in [0.2, 0.25) is 0 Å². The van der Waals surface area contributed by atoms with Gasteiger partial charge in [-0.05, 0) is 5.92 Å². The second kappa shape index (κ2) is 5.36. The van der Waals surface area contributed by atoms with Crippen LogP contribution in [0.3, 0.4) is 0 Å². The molecule has 0 amide bonds. The number of thiazole rings is 1. The van der Waals surface area contributed by atoms with Gasteiger partial charge in [0.25, 0.3) is 0 Å².